The second-order valence-corrected chi connectivity index (χ2v) is 2.14. The number of hydrogen-bond acceptors (Lipinski definition) is 0. The first-order valence-corrected chi connectivity index (χ1v) is 2.90. The number of hydrogen-bond donors (Lipinski definition) is 1. The van der Waals surface area contributed by atoms with Crippen LogP contribution in [0.2, 0.25) is 0 Å². The van der Waals surface area contributed by atoms with Crippen LogP contribution in [0.4, 0.5) is 0 Å². The van der Waals surface area contributed by atoms with Crippen LogP contribution in [0.5, 0.6) is 0 Å². The third-order valence-corrected chi connectivity index (χ3v) is 0.499. The standard InChI is InChI=1S/CH4B2OS/c1-5(2)3-4/h4H,1H3. The van der Waals surface area contributed by atoms with Crippen LogP contribution >= 0.6 is 9.56 Å². The topological polar surface area (TPSA) is 20.2 Å². The zero-order valence-corrected chi connectivity index (χ0v) is 3.83. The van der Waals surface area contributed by atoms with Crippen molar-refractivity contribution in [3.8, 4) is 0 Å². The summed E-state index contributed by atoms with van der Waals surface area (Å²) in [6.07, 6.45) is 2.69. The molecule has 0 atom stereocenters. The third kappa shape index (κ3) is 4.31. The Morgan fingerprint density at radius 1 is 2.00 bits per heavy atom. The van der Waals surface area contributed by atoms with Crippen LogP contribution < -0.4 is 0 Å². The first-order valence-electron chi connectivity index (χ1n) is 1.14. The molecule has 1 nitrogen and oxygen atoms in total. The molecule has 0 bridgehead atoms. The van der Waals surface area contributed by atoms with E-state index < -0.39 is 9.56 Å². The Hall–Kier alpha value is 0.310. The van der Waals surface area contributed by atoms with Crippen molar-refractivity contribution in [2.24, 2.45) is 0 Å². The van der Waals surface area contributed by atoms with Crippen molar-refractivity contribution >= 4 is 22.4 Å². The van der Waals surface area contributed by atoms with E-state index in [1.807, 2.05) is 0 Å². The van der Waals surface area contributed by atoms with Crippen LogP contribution in [0.1, 0.15) is 0 Å². The molecular weight excluding hydrogens is 81.7 g/mol. The fraction of sp³-hybridized carbons (Fsp3) is 1.00. The van der Waals surface area contributed by atoms with Crippen LogP contribution in [0.25, 0.3) is 0 Å². The molecule has 0 saturated carbocycles. The predicted octanol–water partition coefficient (Wildman–Crippen LogP) is -0.505. The Morgan fingerprint density at radius 2 is 2.20 bits per heavy atom. The summed E-state index contributed by atoms with van der Waals surface area (Å²) in [4.78, 5) is 0. The van der Waals surface area contributed by atoms with Gasteiger partial charge in [-0.05, 0) is 0 Å². The van der Waals surface area contributed by atoms with E-state index in [-0.39, 0.29) is 0 Å². The van der Waals surface area contributed by atoms with Gasteiger partial charge >= 0.3 is 33.7 Å². The van der Waals surface area contributed by atoms with Gasteiger partial charge in [0.05, 0.1) is 0 Å². The van der Waals surface area contributed by atoms with Crippen molar-refractivity contribution in [2.75, 3.05) is 6.26 Å². The first kappa shape index (κ1) is 5.31. The summed E-state index contributed by atoms with van der Waals surface area (Å²) in [6.45, 7) is 5.01. The summed E-state index contributed by atoms with van der Waals surface area (Å²) in [6, 6.07) is 0. The van der Waals surface area contributed by atoms with Crippen LogP contribution in [-0.2, 0) is 0 Å². The van der Waals surface area contributed by atoms with Gasteiger partial charge in [-0.2, -0.15) is 0 Å². The predicted molar refractivity (Wildman–Crippen MR) is 27.2 cm³/mol. The molecule has 0 aromatic rings. The average molecular weight is 85.7 g/mol. The molecule has 0 aromatic heterocycles. The third-order valence-electron chi connectivity index (χ3n) is 0.166. The van der Waals surface area contributed by atoms with Crippen molar-refractivity contribution in [2.45, 2.75) is 0 Å². The molecule has 26 valence electrons. The second kappa shape index (κ2) is 2.54. The summed E-state index contributed by atoms with van der Waals surface area (Å²) < 4.78 is 0. The molecule has 0 aliphatic carbocycles. The maximum atomic E-state index is 7.91. The molecule has 0 aromatic carbocycles. The molecule has 0 unspecified atom stereocenters. The first-order chi connectivity index (χ1) is 2.27. The fourth-order valence-corrected chi connectivity index (χ4v) is 0. The van der Waals surface area contributed by atoms with Crippen LogP contribution in [0.3, 0.4) is 0 Å². The van der Waals surface area contributed by atoms with Crippen molar-refractivity contribution in [3.05, 3.63) is 0 Å². The molecule has 1 N–H and O–H groups in total. The van der Waals surface area contributed by atoms with E-state index in [2.05, 4.69) is 0 Å². The van der Waals surface area contributed by atoms with Gasteiger partial charge in [0.15, 0.2) is 0 Å². The van der Waals surface area contributed by atoms with Crippen molar-refractivity contribution in [1.82, 2.24) is 0 Å². The summed E-state index contributed by atoms with van der Waals surface area (Å²) in [7, 11) is -0.392. The van der Waals surface area contributed by atoms with E-state index in [0.29, 0.717) is 0 Å². The minimum atomic E-state index is -0.392. The minimum absolute atomic E-state index is 0.392. The SMILES string of the molecule is B#S(C)=BO. The van der Waals surface area contributed by atoms with Crippen molar-refractivity contribution in [3.63, 3.8) is 0 Å². The average Bonchev–Trinajstić information content (AvgIpc) is 1.38. The molecule has 5 heavy (non-hydrogen) atoms. The second-order valence-electron chi connectivity index (χ2n) is 0.713. The zero-order chi connectivity index (χ0) is 4.28. The van der Waals surface area contributed by atoms with Gasteiger partial charge in [-0.15, -0.1) is 0 Å². The maximum absolute atomic E-state index is 7.91. The fourth-order valence-electron chi connectivity index (χ4n) is 0. The summed E-state index contributed by atoms with van der Waals surface area (Å²) >= 11 is 0. The molecule has 0 aliphatic heterocycles. The molecule has 0 fully saturated rings. The number of rotatable bonds is 0. The Balaban J connectivity index is 3.82. The molecule has 4 heteroatoms. The van der Waals surface area contributed by atoms with E-state index in [0.717, 1.165) is 6.36 Å². The Morgan fingerprint density at radius 3 is 2.20 bits per heavy atom. The van der Waals surface area contributed by atoms with Gasteiger partial charge in [0.1, 0.15) is 0 Å². The van der Waals surface area contributed by atoms with E-state index in [9.17, 15) is 0 Å². The van der Waals surface area contributed by atoms with Crippen molar-refractivity contribution in [1.29, 1.82) is 0 Å². The van der Waals surface area contributed by atoms with Gasteiger partial charge in [0.2, 0.25) is 0 Å². The summed E-state index contributed by atoms with van der Waals surface area (Å²) in [5, 5.41) is 7.91. The van der Waals surface area contributed by atoms with E-state index in [1.54, 1.807) is 6.26 Å². The normalized spacial score (nSPS) is 10.8. The molecule has 0 spiro atoms. The van der Waals surface area contributed by atoms with Gasteiger partial charge in [-0.3, -0.25) is 0 Å². The molecule has 0 aliphatic rings. The van der Waals surface area contributed by atoms with Gasteiger partial charge in [-0.1, -0.05) is 0 Å². The summed E-state index contributed by atoms with van der Waals surface area (Å²) in [5.74, 6) is 0. The Labute approximate surface area is 34.6 Å². The van der Waals surface area contributed by atoms with Gasteiger partial charge < -0.3 is 0 Å². The van der Waals surface area contributed by atoms with Crippen molar-refractivity contribution < 1.29 is 5.02 Å². The van der Waals surface area contributed by atoms with Crippen LogP contribution in [0.15, 0.2) is 0 Å². The molecule has 0 amide bonds. The van der Waals surface area contributed by atoms with Gasteiger partial charge in [-0.25, -0.2) is 0 Å². The zero-order valence-electron chi connectivity index (χ0n) is 3.01. The van der Waals surface area contributed by atoms with Crippen LogP contribution in [0, 0.1) is 0 Å². The quantitative estimate of drug-likeness (QED) is 0.393. The Bertz CT molecular complexity index is 120. The molecule has 0 radical (unpaired) electrons. The van der Waals surface area contributed by atoms with Crippen LogP contribution in [-0.4, -0.2) is 24.2 Å². The van der Waals surface area contributed by atoms with E-state index >= 15 is 0 Å². The molecule has 0 rings (SSSR count). The van der Waals surface area contributed by atoms with E-state index in [1.165, 1.54) is 0 Å². The monoisotopic (exact) mass is 86.0 g/mol. The Kier molecular flexibility index (Phi) is 2.70. The van der Waals surface area contributed by atoms with Gasteiger partial charge in [0.25, 0.3) is 0 Å². The molecule has 0 heterocycles. The van der Waals surface area contributed by atoms with E-state index in [4.69, 9.17) is 11.6 Å². The molecule has 0 saturated heterocycles. The summed E-state index contributed by atoms with van der Waals surface area (Å²) in [5.41, 5.74) is 0. The molecular formula is CH4B2OS. The van der Waals surface area contributed by atoms with Gasteiger partial charge in [0, 0.05) is 0 Å².